The van der Waals surface area contributed by atoms with Crippen LogP contribution >= 0.6 is 0 Å². The van der Waals surface area contributed by atoms with Gasteiger partial charge in [-0.1, -0.05) is 0 Å². The van der Waals surface area contributed by atoms with Gasteiger partial charge < -0.3 is 5.11 Å². The van der Waals surface area contributed by atoms with E-state index in [2.05, 4.69) is 0 Å². The lowest BCUT2D eigenvalue weighted by molar-refractivity contribution is 0.111. The van der Waals surface area contributed by atoms with Gasteiger partial charge in [0.2, 0.25) is 5.88 Å². The first-order chi connectivity index (χ1) is 5.09. The van der Waals surface area contributed by atoms with Gasteiger partial charge in [0.1, 0.15) is 5.56 Å². The van der Waals surface area contributed by atoms with E-state index in [1.54, 1.807) is 0 Å². The van der Waals surface area contributed by atoms with Gasteiger partial charge in [-0.2, -0.15) is 0 Å². The number of hydrogen-bond acceptors (Lipinski definition) is 3. The van der Waals surface area contributed by atoms with Crippen LogP contribution in [0.25, 0.3) is 0 Å². The lowest BCUT2D eigenvalue weighted by atomic mass is 10.4. The van der Waals surface area contributed by atoms with E-state index in [0.29, 0.717) is 6.29 Å². The third-order valence-corrected chi connectivity index (χ3v) is 1.64. The van der Waals surface area contributed by atoms with Crippen molar-refractivity contribution in [3.8, 4) is 5.88 Å². The largest absolute Gasteiger partial charge is 0.493 e. The summed E-state index contributed by atoms with van der Waals surface area (Å²) in [5.41, 5.74) is -0.685. The van der Waals surface area contributed by atoms with Gasteiger partial charge in [0.05, 0.1) is 0 Å². The minimum atomic E-state index is -0.486. The number of rotatable bonds is 1. The van der Waals surface area contributed by atoms with Crippen LogP contribution < -0.4 is 5.56 Å². The summed E-state index contributed by atoms with van der Waals surface area (Å²) >= 11 is 0. The maximum absolute atomic E-state index is 11.0. The zero-order valence-electron chi connectivity index (χ0n) is 6.24. The summed E-state index contributed by atoms with van der Waals surface area (Å²) in [6.07, 6.45) is 0.345. The summed E-state index contributed by atoms with van der Waals surface area (Å²) in [7, 11) is 2.96. The van der Waals surface area contributed by atoms with Gasteiger partial charge in [-0.25, -0.2) is 0 Å². The molecule has 0 saturated carbocycles. The van der Waals surface area contributed by atoms with Crippen molar-refractivity contribution in [2.24, 2.45) is 14.1 Å². The second-order valence-corrected chi connectivity index (χ2v) is 2.21. The maximum Gasteiger partial charge on any atom is 0.281 e. The Bertz CT molecular complexity index is 347. The summed E-state index contributed by atoms with van der Waals surface area (Å²) < 4.78 is 2.35. The van der Waals surface area contributed by atoms with E-state index in [1.165, 1.54) is 18.8 Å². The van der Waals surface area contributed by atoms with Gasteiger partial charge in [0.25, 0.3) is 5.56 Å². The topological polar surface area (TPSA) is 64.2 Å². The smallest absolute Gasteiger partial charge is 0.281 e. The molecule has 0 radical (unpaired) electrons. The molecule has 1 aromatic rings. The van der Waals surface area contributed by atoms with Crippen molar-refractivity contribution in [1.29, 1.82) is 0 Å². The number of aldehydes is 1. The van der Waals surface area contributed by atoms with E-state index in [4.69, 9.17) is 5.11 Å². The molecule has 1 heterocycles. The van der Waals surface area contributed by atoms with Crippen molar-refractivity contribution in [2.45, 2.75) is 0 Å². The van der Waals surface area contributed by atoms with Crippen LogP contribution in [0.15, 0.2) is 4.79 Å². The minimum absolute atomic E-state index is 0.199. The van der Waals surface area contributed by atoms with Gasteiger partial charge in [0, 0.05) is 14.1 Å². The Morgan fingerprint density at radius 2 is 1.91 bits per heavy atom. The fourth-order valence-electron chi connectivity index (χ4n) is 0.826. The SMILES string of the molecule is Cn1c(O)c(C=O)c(=O)n1C. The standard InChI is InChI=1S/C6H8N2O3/c1-7-5(10)4(3-9)6(11)8(7)2/h3,10H,1-2H3. The maximum atomic E-state index is 11.0. The quantitative estimate of drug-likeness (QED) is 0.543. The van der Waals surface area contributed by atoms with Crippen molar-refractivity contribution in [3.63, 3.8) is 0 Å². The summed E-state index contributed by atoms with van der Waals surface area (Å²) in [5.74, 6) is -0.299. The van der Waals surface area contributed by atoms with Gasteiger partial charge in [-0.15, -0.1) is 0 Å². The summed E-state index contributed by atoms with van der Waals surface area (Å²) in [5, 5.41) is 9.11. The first-order valence-electron chi connectivity index (χ1n) is 2.99. The summed E-state index contributed by atoms with van der Waals surface area (Å²) in [4.78, 5) is 21.2. The van der Waals surface area contributed by atoms with Crippen molar-refractivity contribution >= 4 is 6.29 Å². The first kappa shape index (κ1) is 7.59. The van der Waals surface area contributed by atoms with Gasteiger partial charge >= 0.3 is 0 Å². The Balaban J connectivity index is 3.61. The van der Waals surface area contributed by atoms with E-state index in [-0.39, 0.29) is 11.4 Å². The van der Waals surface area contributed by atoms with Gasteiger partial charge in [-0.05, 0) is 0 Å². The van der Waals surface area contributed by atoms with Crippen LogP contribution in [0.2, 0.25) is 0 Å². The second-order valence-electron chi connectivity index (χ2n) is 2.21. The zero-order chi connectivity index (χ0) is 8.59. The molecule has 0 spiro atoms. The minimum Gasteiger partial charge on any atom is -0.493 e. The average molecular weight is 156 g/mol. The van der Waals surface area contributed by atoms with Gasteiger partial charge in [0.15, 0.2) is 6.29 Å². The molecule has 0 unspecified atom stereocenters. The molecule has 1 aromatic heterocycles. The van der Waals surface area contributed by atoms with Crippen LogP contribution in [0.1, 0.15) is 10.4 Å². The highest BCUT2D eigenvalue weighted by Gasteiger charge is 2.12. The number of carbonyl (C=O) groups is 1. The Morgan fingerprint density at radius 1 is 1.36 bits per heavy atom. The van der Waals surface area contributed by atoms with Crippen molar-refractivity contribution in [1.82, 2.24) is 9.36 Å². The molecule has 1 N–H and O–H groups in total. The van der Waals surface area contributed by atoms with Crippen LogP contribution in [-0.2, 0) is 14.1 Å². The second kappa shape index (κ2) is 2.26. The molecule has 1 rings (SSSR count). The normalized spacial score (nSPS) is 10.0. The molecule has 5 heteroatoms. The number of nitrogens with zero attached hydrogens (tertiary/aromatic N) is 2. The van der Waals surface area contributed by atoms with Crippen LogP contribution in [0.5, 0.6) is 5.88 Å². The highest BCUT2D eigenvalue weighted by Crippen LogP contribution is 2.08. The molecular weight excluding hydrogens is 148 g/mol. The molecule has 0 amide bonds. The predicted octanol–water partition coefficient (Wildman–Crippen LogP) is -0.758. The lowest BCUT2D eigenvalue weighted by Gasteiger charge is -1.97. The Hall–Kier alpha value is -1.52. The van der Waals surface area contributed by atoms with E-state index < -0.39 is 5.56 Å². The Morgan fingerprint density at radius 3 is 2.09 bits per heavy atom. The third-order valence-electron chi connectivity index (χ3n) is 1.64. The van der Waals surface area contributed by atoms with Crippen LogP contribution in [0, 0.1) is 0 Å². The van der Waals surface area contributed by atoms with E-state index in [0.717, 1.165) is 4.68 Å². The number of aromatic nitrogens is 2. The fraction of sp³-hybridized carbons (Fsp3) is 0.333. The van der Waals surface area contributed by atoms with Crippen molar-refractivity contribution in [3.05, 3.63) is 15.9 Å². The highest BCUT2D eigenvalue weighted by atomic mass is 16.3. The fourth-order valence-corrected chi connectivity index (χ4v) is 0.826. The molecule has 60 valence electrons. The van der Waals surface area contributed by atoms with Crippen LogP contribution in [-0.4, -0.2) is 20.8 Å². The molecule has 0 atom stereocenters. The molecule has 0 aliphatic heterocycles. The number of hydrogen-bond donors (Lipinski definition) is 1. The predicted molar refractivity (Wildman–Crippen MR) is 37.7 cm³/mol. The molecule has 11 heavy (non-hydrogen) atoms. The summed E-state index contributed by atoms with van der Waals surface area (Å²) in [6.45, 7) is 0. The molecule has 0 bridgehead atoms. The Kier molecular flexibility index (Phi) is 1.56. The highest BCUT2D eigenvalue weighted by molar-refractivity contribution is 5.77. The molecule has 0 fully saturated rings. The molecular formula is C6H8N2O3. The molecule has 0 aromatic carbocycles. The monoisotopic (exact) mass is 156 g/mol. The zero-order valence-corrected chi connectivity index (χ0v) is 6.24. The van der Waals surface area contributed by atoms with Crippen molar-refractivity contribution in [2.75, 3.05) is 0 Å². The van der Waals surface area contributed by atoms with Crippen LogP contribution in [0.4, 0.5) is 0 Å². The average Bonchev–Trinajstić information content (AvgIpc) is 2.17. The Labute approximate surface area is 62.5 Å². The summed E-state index contributed by atoms with van der Waals surface area (Å²) in [6, 6.07) is 0. The van der Waals surface area contributed by atoms with Crippen molar-refractivity contribution < 1.29 is 9.90 Å². The van der Waals surface area contributed by atoms with Crippen LogP contribution in [0.3, 0.4) is 0 Å². The number of carbonyl (C=O) groups excluding carboxylic acids is 1. The molecule has 5 nitrogen and oxygen atoms in total. The third kappa shape index (κ3) is 0.849. The lowest BCUT2D eigenvalue weighted by Crippen LogP contribution is -2.18. The molecule has 0 aliphatic carbocycles. The van der Waals surface area contributed by atoms with E-state index in [1.807, 2.05) is 0 Å². The van der Waals surface area contributed by atoms with E-state index >= 15 is 0 Å². The van der Waals surface area contributed by atoms with Gasteiger partial charge in [-0.3, -0.25) is 19.0 Å². The van der Waals surface area contributed by atoms with E-state index in [9.17, 15) is 9.59 Å². The molecule has 0 aliphatic rings. The number of aromatic hydroxyl groups is 1. The first-order valence-corrected chi connectivity index (χ1v) is 2.99. The molecule has 0 saturated heterocycles.